The van der Waals surface area contributed by atoms with Crippen LogP contribution in [-0.4, -0.2) is 24.9 Å². The average molecular weight is 301 g/mol. The van der Waals surface area contributed by atoms with Crippen LogP contribution in [0.5, 0.6) is 0 Å². The van der Waals surface area contributed by atoms with Crippen LogP contribution in [0.15, 0.2) is 24.3 Å². The lowest BCUT2D eigenvalue weighted by molar-refractivity contribution is -0.123. The number of halogens is 2. The van der Waals surface area contributed by atoms with Crippen LogP contribution in [-0.2, 0) is 9.59 Å². The molecule has 0 fully saturated rings. The molecule has 0 saturated carbocycles. The Bertz CT molecular complexity index is 501. The third-order valence-electron chi connectivity index (χ3n) is 2.17. The quantitative estimate of drug-likeness (QED) is 0.820. The fourth-order valence-electron chi connectivity index (χ4n) is 1.29. The minimum Gasteiger partial charge on any atom is -0.355 e. The lowest BCUT2D eigenvalue weighted by atomic mass is 10.2. The van der Waals surface area contributed by atoms with E-state index in [0.29, 0.717) is 22.2 Å². The topological polar surface area (TPSA) is 58.2 Å². The molecule has 2 N–H and O–H groups in total. The van der Waals surface area contributed by atoms with Gasteiger partial charge in [0.15, 0.2) is 0 Å². The highest BCUT2D eigenvalue weighted by atomic mass is 35.5. The molecule has 4 nitrogen and oxygen atoms in total. The maximum Gasteiger partial charge on any atom is 0.244 e. The number of rotatable bonds is 5. The molecule has 0 bridgehead atoms. The van der Waals surface area contributed by atoms with Crippen LogP contribution in [0.25, 0.3) is 6.08 Å². The van der Waals surface area contributed by atoms with Gasteiger partial charge in [0, 0.05) is 22.7 Å². The van der Waals surface area contributed by atoms with Crippen LogP contribution < -0.4 is 10.6 Å². The smallest absolute Gasteiger partial charge is 0.244 e. The first-order chi connectivity index (χ1) is 9.02. The third kappa shape index (κ3) is 5.77. The Kier molecular flexibility index (Phi) is 6.39. The number of hydrogen-bond donors (Lipinski definition) is 2. The van der Waals surface area contributed by atoms with E-state index in [1.54, 1.807) is 24.3 Å². The number of nitrogens with one attached hydrogen (secondary N) is 2. The molecule has 2 amide bonds. The summed E-state index contributed by atoms with van der Waals surface area (Å²) in [6.07, 6.45) is 2.88. The Labute approximate surface area is 121 Å². The second kappa shape index (κ2) is 7.81. The molecule has 102 valence electrons. The molecule has 0 atom stereocenters. The Morgan fingerprint density at radius 3 is 2.63 bits per heavy atom. The fourth-order valence-corrected chi connectivity index (χ4v) is 1.76. The summed E-state index contributed by atoms with van der Waals surface area (Å²) in [6, 6.07) is 4.98. The SMILES string of the molecule is CCNC(=O)CNC(=O)/C=C/c1ccc(Cl)cc1Cl. The number of amides is 2. The van der Waals surface area contributed by atoms with Gasteiger partial charge in [0.1, 0.15) is 0 Å². The Morgan fingerprint density at radius 1 is 1.26 bits per heavy atom. The van der Waals surface area contributed by atoms with Crippen LogP contribution in [0.4, 0.5) is 0 Å². The summed E-state index contributed by atoms with van der Waals surface area (Å²) in [5.74, 6) is -0.592. The van der Waals surface area contributed by atoms with E-state index >= 15 is 0 Å². The third-order valence-corrected chi connectivity index (χ3v) is 2.74. The van der Waals surface area contributed by atoms with Crippen molar-refractivity contribution in [2.45, 2.75) is 6.92 Å². The van der Waals surface area contributed by atoms with Gasteiger partial charge in [0.2, 0.25) is 11.8 Å². The van der Waals surface area contributed by atoms with E-state index in [2.05, 4.69) is 10.6 Å². The van der Waals surface area contributed by atoms with E-state index in [9.17, 15) is 9.59 Å². The molecule has 0 saturated heterocycles. The maximum absolute atomic E-state index is 11.5. The van der Waals surface area contributed by atoms with Crippen LogP contribution in [0.3, 0.4) is 0 Å². The van der Waals surface area contributed by atoms with Crippen LogP contribution in [0, 0.1) is 0 Å². The van der Waals surface area contributed by atoms with Crippen molar-refractivity contribution >= 4 is 41.1 Å². The Balaban J connectivity index is 2.52. The van der Waals surface area contributed by atoms with Crippen molar-refractivity contribution in [1.29, 1.82) is 0 Å². The second-order valence-corrected chi connectivity index (χ2v) is 4.51. The van der Waals surface area contributed by atoms with E-state index in [4.69, 9.17) is 23.2 Å². The average Bonchev–Trinajstić information content (AvgIpc) is 2.35. The summed E-state index contributed by atoms with van der Waals surface area (Å²) < 4.78 is 0. The molecular weight excluding hydrogens is 287 g/mol. The van der Waals surface area contributed by atoms with E-state index in [0.717, 1.165) is 0 Å². The van der Waals surface area contributed by atoms with E-state index in [-0.39, 0.29) is 18.4 Å². The zero-order valence-corrected chi connectivity index (χ0v) is 11.9. The normalized spacial score (nSPS) is 10.5. The van der Waals surface area contributed by atoms with E-state index in [1.807, 2.05) is 6.92 Å². The van der Waals surface area contributed by atoms with Crippen molar-refractivity contribution in [2.24, 2.45) is 0 Å². The van der Waals surface area contributed by atoms with Gasteiger partial charge in [-0.25, -0.2) is 0 Å². The summed E-state index contributed by atoms with van der Waals surface area (Å²) in [5, 5.41) is 6.03. The van der Waals surface area contributed by atoms with Crippen molar-refractivity contribution in [2.75, 3.05) is 13.1 Å². The molecule has 0 aliphatic heterocycles. The summed E-state index contributed by atoms with van der Waals surface area (Å²) >= 11 is 11.7. The molecule has 1 aromatic rings. The summed E-state index contributed by atoms with van der Waals surface area (Å²) in [4.78, 5) is 22.6. The molecule has 0 aliphatic carbocycles. The predicted molar refractivity (Wildman–Crippen MR) is 77.2 cm³/mol. The number of hydrogen-bond acceptors (Lipinski definition) is 2. The zero-order chi connectivity index (χ0) is 14.3. The minimum atomic E-state index is -0.364. The largest absolute Gasteiger partial charge is 0.355 e. The molecule has 6 heteroatoms. The standard InChI is InChI=1S/C13H14Cl2N2O2/c1-2-16-13(19)8-17-12(18)6-4-9-3-5-10(14)7-11(9)15/h3-7H,2,8H2,1H3,(H,16,19)(H,17,18)/b6-4+. The van der Waals surface area contributed by atoms with Gasteiger partial charge in [-0.05, 0) is 30.7 Å². The fraction of sp³-hybridized carbons (Fsp3) is 0.231. The second-order valence-electron chi connectivity index (χ2n) is 3.67. The number of benzene rings is 1. The van der Waals surface area contributed by atoms with Gasteiger partial charge in [-0.3, -0.25) is 9.59 Å². The first-order valence-electron chi connectivity index (χ1n) is 5.70. The lowest BCUT2D eigenvalue weighted by Crippen LogP contribution is -2.35. The minimum absolute atomic E-state index is 0.0502. The molecule has 0 unspecified atom stereocenters. The van der Waals surface area contributed by atoms with Crippen LogP contribution in [0.2, 0.25) is 10.0 Å². The Morgan fingerprint density at radius 2 is 2.00 bits per heavy atom. The summed E-state index contributed by atoms with van der Waals surface area (Å²) in [7, 11) is 0. The highest BCUT2D eigenvalue weighted by Crippen LogP contribution is 2.21. The number of likely N-dealkylation sites (N-methyl/N-ethyl adjacent to an activating group) is 1. The van der Waals surface area contributed by atoms with Gasteiger partial charge < -0.3 is 10.6 Å². The molecule has 1 aromatic carbocycles. The van der Waals surface area contributed by atoms with Crippen molar-refractivity contribution in [3.05, 3.63) is 39.9 Å². The van der Waals surface area contributed by atoms with Gasteiger partial charge in [-0.1, -0.05) is 29.3 Å². The first-order valence-corrected chi connectivity index (χ1v) is 6.46. The summed E-state index contributed by atoms with van der Waals surface area (Å²) in [5.41, 5.74) is 0.680. The lowest BCUT2D eigenvalue weighted by Gasteiger charge is -2.02. The van der Waals surface area contributed by atoms with Crippen LogP contribution >= 0.6 is 23.2 Å². The molecule has 0 heterocycles. The van der Waals surface area contributed by atoms with Crippen molar-refractivity contribution < 1.29 is 9.59 Å². The molecule has 0 spiro atoms. The first kappa shape index (κ1) is 15.5. The monoisotopic (exact) mass is 300 g/mol. The van der Waals surface area contributed by atoms with Gasteiger partial charge in [0.25, 0.3) is 0 Å². The maximum atomic E-state index is 11.5. The van der Waals surface area contributed by atoms with Gasteiger partial charge in [0.05, 0.1) is 6.54 Å². The molecule has 0 aliphatic rings. The highest BCUT2D eigenvalue weighted by Gasteiger charge is 2.02. The van der Waals surface area contributed by atoms with E-state index < -0.39 is 0 Å². The van der Waals surface area contributed by atoms with Crippen molar-refractivity contribution in [3.63, 3.8) is 0 Å². The highest BCUT2D eigenvalue weighted by molar-refractivity contribution is 6.35. The molecule has 1 rings (SSSR count). The molecule has 0 radical (unpaired) electrons. The summed E-state index contributed by atoms with van der Waals surface area (Å²) in [6.45, 7) is 2.29. The van der Waals surface area contributed by atoms with Gasteiger partial charge in [-0.15, -0.1) is 0 Å². The number of carbonyl (C=O) groups excluding carboxylic acids is 2. The van der Waals surface area contributed by atoms with Crippen LogP contribution in [0.1, 0.15) is 12.5 Å². The number of carbonyl (C=O) groups is 2. The molecular formula is C13H14Cl2N2O2. The molecule has 19 heavy (non-hydrogen) atoms. The van der Waals surface area contributed by atoms with Gasteiger partial charge >= 0.3 is 0 Å². The zero-order valence-electron chi connectivity index (χ0n) is 10.4. The van der Waals surface area contributed by atoms with Gasteiger partial charge in [-0.2, -0.15) is 0 Å². The van der Waals surface area contributed by atoms with Crippen molar-refractivity contribution in [1.82, 2.24) is 10.6 Å². The predicted octanol–water partition coefficient (Wildman–Crippen LogP) is 2.26. The molecule has 0 aromatic heterocycles. The Hall–Kier alpha value is -1.52. The van der Waals surface area contributed by atoms with Crippen molar-refractivity contribution in [3.8, 4) is 0 Å². The van der Waals surface area contributed by atoms with E-state index in [1.165, 1.54) is 6.08 Å².